The van der Waals surface area contributed by atoms with E-state index in [0.29, 0.717) is 23.4 Å². The van der Waals surface area contributed by atoms with E-state index in [2.05, 4.69) is 14.8 Å². The van der Waals surface area contributed by atoms with E-state index in [1.807, 2.05) is 6.07 Å². The fraction of sp³-hybridized carbons (Fsp3) is 0.125. The van der Waals surface area contributed by atoms with E-state index in [0.717, 1.165) is 16.2 Å². The van der Waals surface area contributed by atoms with Crippen molar-refractivity contribution in [2.75, 3.05) is 16.8 Å². The van der Waals surface area contributed by atoms with E-state index in [-0.39, 0.29) is 52.9 Å². The van der Waals surface area contributed by atoms with Gasteiger partial charge in [-0.3, -0.25) is 9.00 Å². The predicted octanol–water partition coefficient (Wildman–Crippen LogP) is 7.35. The number of amides is 1. The number of alkyl halides is 3. The maximum atomic E-state index is 12.8. The van der Waals surface area contributed by atoms with E-state index >= 15 is 0 Å². The van der Waals surface area contributed by atoms with E-state index < -0.39 is 28.4 Å². The number of anilines is 2. The molecule has 0 saturated carbocycles. The lowest BCUT2D eigenvalue weighted by molar-refractivity contribution is -0.137. The number of para-hydroxylation sites is 1. The first kappa shape index (κ1) is 33.1. The number of nitrogens with zero attached hydrogens (tertiary/aromatic N) is 5. The van der Waals surface area contributed by atoms with Crippen molar-refractivity contribution in [1.82, 2.24) is 14.2 Å². The van der Waals surface area contributed by atoms with Gasteiger partial charge in [-0.15, -0.1) is 0 Å². The first-order valence-electron chi connectivity index (χ1n) is 11.1. The molecule has 0 aliphatic heterocycles. The van der Waals surface area contributed by atoms with Gasteiger partial charge in [-0.2, -0.15) is 33.2 Å². The minimum Gasteiger partial charge on any atom is -0.383 e. The van der Waals surface area contributed by atoms with Crippen LogP contribution in [0.5, 0.6) is 0 Å². The summed E-state index contributed by atoms with van der Waals surface area (Å²) in [6.45, 7) is 1.62. The number of hydrogen-bond donors (Lipinski definition) is 2. The SMILES string of the molecule is CCS(=O)c1c(C#N)nn(-c2c(Cl)cc(C(F)(F)F)cc2Cl)c1N.N#Cc1ccccc1NC(=O)c1snc(Cl)c1Cl. The summed E-state index contributed by atoms with van der Waals surface area (Å²) in [4.78, 5) is 12.1. The summed E-state index contributed by atoms with van der Waals surface area (Å²) in [5.41, 5.74) is 5.29. The van der Waals surface area contributed by atoms with Crippen molar-refractivity contribution >= 4 is 86.1 Å². The summed E-state index contributed by atoms with van der Waals surface area (Å²) in [6.07, 6.45) is -4.63. The van der Waals surface area contributed by atoms with Crippen molar-refractivity contribution in [2.45, 2.75) is 18.0 Å². The zero-order chi connectivity index (χ0) is 31.4. The van der Waals surface area contributed by atoms with Gasteiger partial charge in [0.2, 0.25) is 0 Å². The zero-order valence-electron chi connectivity index (χ0n) is 20.8. The molecule has 218 valence electrons. The lowest BCUT2D eigenvalue weighted by Gasteiger charge is -2.13. The molecule has 0 aliphatic carbocycles. The second kappa shape index (κ2) is 13.7. The molecular formula is C24H14Cl4F3N7O2S2. The van der Waals surface area contributed by atoms with Crippen LogP contribution in [-0.2, 0) is 17.0 Å². The number of nitrogen functional groups attached to an aromatic ring is 1. The van der Waals surface area contributed by atoms with Gasteiger partial charge >= 0.3 is 6.18 Å². The minimum atomic E-state index is -4.63. The van der Waals surface area contributed by atoms with Gasteiger partial charge in [0.05, 0.1) is 37.7 Å². The van der Waals surface area contributed by atoms with Crippen LogP contribution in [0.25, 0.3) is 5.69 Å². The van der Waals surface area contributed by atoms with Crippen molar-refractivity contribution < 1.29 is 22.2 Å². The number of carbonyl (C=O) groups is 1. The molecule has 9 nitrogen and oxygen atoms in total. The molecule has 4 rings (SSSR count). The van der Waals surface area contributed by atoms with Crippen LogP contribution < -0.4 is 11.1 Å². The van der Waals surface area contributed by atoms with Crippen LogP contribution in [0.1, 0.15) is 33.4 Å². The summed E-state index contributed by atoms with van der Waals surface area (Å²) >= 11 is 24.2. The maximum Gasteiger partial charge on any atom is 0.416 e. The Morgan fingerprint density at radius 2 is 1.76 bits per heavy atom. The lowest BCUT2D eigenvalue weighted by atomic mass is 10.2. The molecule has 3 N–H and O–H groups in total. The smallest absolute Gasteiger partial charge is 0.383 e. The highest BCUT2D eigenvalue weighted by Gasteiger charge is 2.33. The topological polar surface area (TPSA) is 150 Å². The molecule has 2 aromatic heterocycles. The summed E-state index contributed by atoms with van der Waals surface area (Å²) in [5, 5.41) is 24.0. The molecule has 4 aromatic rings. The zero-order valence-corrected chi connectivity index (χ0v) is 25.4. The van der Waals surface area contributed by atoms with Crippen molar-refractivity contribution in [3.63, 3.8) is 0 Å². The fourth-order valence-corrected chi connectivity index (χ4v) is 5.90. The highest BCUT2D eigenvalue weighted by molar-refractivity contribution is 7.85. The molecule has 0 spiro atoms. The van der Waals surface area contributed by atoms with E-state index in [9.17, 15) is 22.2 Å². The third-order valence-corrected chi connectivity index (χ3v) is 8.88. The first-order chi connectivity index (χ1) is 19.7. The van der Waals surface area contributed by atoms with Gasteiger partial charge < -0.3 is 11.1 Å². The number of nitriles is 2. The molecule has 0 fully saturated rings. The van der Waals surface area contributed by atoms with Gasteiger partial charge in [-0.25, -0.2) is 4.68 Å². The summed E-state index contributed by atoms with van der Waals surface area (Å²) in [6, 6.07) is 11.8. The van der Waals surface area contributed by atoms with Gasteiger partial charge in [0.15, 0.2) is 10.8 Å². The Labute approximate surface area is 262 Å². The number of benzene rings is 2. The molecule has 1 atom stereocenters. The standard InChI is InChI=1S/C13H9Cl2F3N4OS.C11H5Cl2N3OS/c1-2-24(23)11-9(5-19)21-22(12(11)20)10-7(14)3-6(4-8(10)15)13(16,17)18;12-8-9(18-16-10(8)13)11(17)15-7-4-2-1-3-6(7)5-14/h3-4H,2,20H2,1H3;1-4H,(H,15,17). The van der Waals surface area contributed by atoms with E-state index in [1.165, 1.54) is 0 Å². The van der Waals surface area contributed by atoms with Gasteiger partial charge in [0, 0.05) is 5.75 Å². The van der Waals surface area contributed by atoms with E-state index in [1.54, 1.807) is 37.3 Å². The number of aromatic nitrogens is 3. The lowest BCUT2D eigenvalue weighted by Crippen LogP contribution is -2.11. The van der Waals surface area contributed by atoms with Gasteiger partial charge in [-0.05, 0) is 35.8 Å². The van der Waals surface area contributed by atoms with Crippen molar-refractivity contribution in [3.8, 4) is 17.8 Å². The molecule has 2 aromatic carbocycles. The highest BCUT2D eigenvalue weighted by Crippen LogP contribution is 2.39. The molecule has 42 heavy (non-hydrogen) atoms. The van der Waals surface area contributed by atoms with Gasteiger partial charge in [0.1, 0.15) is 38.4 Å². The van der Waals surface area contributed by atoms with Gasteiger partial charge in [-0.1, -0.05) is 65.5 Å². The maximum absolute atomic E-state index is 12.8. The van der Waals surface area contributed by atoms with Gasteiger partial charge in [0.25, 0.3) is 5.91 Å². The Kier molecular flexibility index (Phi) is 10.8. The Balaban J connectivity index is 0.000000240. The molecule has 1 amide bonds. The monoisotopic (exact) mass is 693 g/mol. The summed E-state index contributed by atoms with van der Waals surface area (Å²) < 4.78 is 55.1. The van der Waals surface area contributed by atoms with Crippen LogP contribution in [0.3, 0.4) is 0 Å². The molecule has 18 heteroatoms. The number of rotatable bonds is 5. The van der Waals surface area contributed by atoms with Crippen molar-refractivity contribution in [3.05, 3.63) is 78.3 Å². The molecule has 1 unspecified atom stereocenters. The van der Waals surface area contributed by atoms with Crippen LogP contribution >= 0.6 is 57.9 Å². The highest BCUT2D eigenvalue weighted by atomic mass is 35.5. The van der Waals surface area contributed by atoms with Crippen molar-refractivity contribution in [1.29, 1.82) is 10.5 Å². The Morgan fingerprint density at radius 1 is 1.14 bits per heavy atom. The average Bonchev–Trinajstić information content (AvgIpc) is 3.45. The molecule has 0 saturated heterocycles. The average molecular weight is 695 g/mol. The third kappa shape index (κ3) is 7.15. The number of nitrogens with one attached hydrogen (secondary N) is 1. The summed E-state index contributed by atoms with van der Waals surface area (Å²) in [5.74, 6) is -0.429. The van der Waals surface area contributed by atoms with Crippen LogP contribution in [0.2, 0.25) is 20.2 Å². The number of nitrogens with two attached hydrogens (primary N) is 1. The summed E-state index contributed by atoms with van der Waals surface area (Å²) in [7, 11) is -1.60. The molecular weight excluding hydrogens is 681 g/mol. The Hall–Kier alpha value is -3.37. The molecule has 2 heterocycles. The normalized spacial score (nSPS) is 11.6. The van der Waals surface area contributed by atoms with Crippen LogP contribution in [0.15, 0.2) is 41.3 Å². The number of carbonyl (C=O) groups excluding carboxylic acids is 1. The minimum absolute atomic E-state index is 0.00738. The first-order valence-corrected chi connectivity index (χ1v) is 14.7. The molecule has 0 bridgehead atoms. The molecule has 0 aliphatic rings. The largest absolute Gasteiger partial charge is 0.416 e. The fourth-order valence-electron chi connectivity index (χ4n) is 3.23. The second-order valence-electron chi connectivity index (χ2n) is 7.74. The van der Waals surface area contributed by atoms with Crippen LogP contribution in [0.4, 0.5) is 24.7 Å². The third-order valence-electron chi connectivity index (χ3n) is 5.13. The second-order valence-corrected chi connectivity index (χ2v) is 11.7. The number of halogens is 7. The van der Waals surface area contributed by atoms with E-state index in [4.69, 9.17) is 62.7 Å². The quantitative estimate of drug-likeness (QED) is 0.222. The number of hydrogen-bond acceptors (Lipinski definition) is 8. The van der Waals surface area contributed by atoms with Crippen molar-refractivity contribution in [2.24, 2.45) is 0 Å². The van der Waals surface area contributed by atoms with Crippen LogP contribution in [-0.4, -0.2) is 30.0 Å². The predicted molar refractivity (Wildman–Crippen MR) is 156 cm³/mol. The Bertz CT molecular complexity index is 1760. The van der Waals surface area contributed by atoms with Crippen LogP contribution in [0, 0.1) is 22.7 Å². The Morgan fingerprint density at radius 3 is 2.26 bits per heavy atom. The molecule has 0 radical (unpaired) electrons.